The fourth-order valence-electron chi connectivity index (χ4n) is 2.35. The summed E-state index contributed by atoms with van der Waals surface area (Å²) in [6.45, 7) is 0. The lowest BCUT2D eigenvalue weighted by molar-refractivity contribution is 0.101. The molecule has 0 atom stereocenters. The van der Waals surface area contributed by atoms with Crippen molar-refractivity contribution in [1.29, 1.82) is 0 Å². The Hall–Kier alpha value is -2.38. The second-order valence-corrected chi connectivity index (χ2v) is 7.08. The number of nitrogens with one attached hydrogen (secondary N) is 2. The highest BCUT2D eigenvalue weighted by Crippen LogP contribution is 2.19. The minimum absolute atomic E-state index is 0.201. The monoisotopic (exact) mass is 476 g/mol. The number of benzene rings is 3. The minimum Gasteiger partial charge on any atom is -0.322 e. The second-order valence-electron chi connectivity index (χ2n) is 5.48. The zero-order valence-electron chi connectivity index (χ0n) is 13.5. The molecule has 3 aromatic rings. The third-order valence-electron chi connectivity index (χ3n) is 3.58. The van der Waals surface area contributed by atoms with Gasteiger partial charge in [0.2, 0.25) is 0 Å². The van der Waals surface area contributed by atoms with Crippen LogP contribution in [-0.4, -0.2) is 11.8 Å². The number of carbonyl (C=O) groups is 2. The molecule has 0 spiro atoms. The molecule has 2 N–H and O–H groups in total. The summed E-state index contributed by atoms with van der Waals surface area (Å²) in [4.78, 5) is 24.7. The van der Waals surface area contributed by atoms with Crippen molar-refractivity contribution >= 4 is 57.4 Å². The Balaban J connectivity index is 1.73. The van der Waals surface area contributed by atoms with Crippen LogP contribution in [0.2, 0.25) is 5.02 Å². The van der Waals surface area contributed by atoms with Crippen molar-refractivity contribution in [2.75, 3.05) is 10.6 Å². The van der Waals surface area contributed by atoms with E-state index in [1.54, 1.807) is 54.6 Å². The van der Waals surface area contributed by atoms with E-state index in [9.17, 15) is 9.59 Å². The van der Waals surface area contributed by atoms with E-state index in [4.69, 9.17) is 11.6 Å². The van der Waals surface area contributed by atoms with Crippen molar-refractivity contribution in [3.63, 3.8) is 0 Å². The highest BCUT2D eigenvalue weighted by molar-refractivity contribution is 14.1. The van der Waals surface area contributed by atoms with E-state index in [2.05, 4.69) is 33.2 Å². The van der Waals surface area contributed by atoms with Gasteiger partial charge in [-0.25, -0.2) is 0 Å². The molecule has 0 heterocycles. The first-order chi connectivity index (χ1) is 12.5. The zero-order chi connectivity index (χ0) is 18.5. The molecule has 0 fully saturated rings. The van der Waals surface area contributed by atoms with Gasteiger partial charge >= 0.3 is 0 Å². The second kappa shape index (κ2) is 8.33. The standard InChI is InChI=1S/C20H14ClIN2O2/c21-14-6-3-5-13(11-14)19(25)23-15-7-4-8-16(12-15)24-20(26)17-9-1-2-10-18(17)22/h1-12H,(H,23,25)(H,24,26). The smallest absolute Gasteiger partial charge is 0.256 e. The van der Waals surface area contributed by atoms with Gasteiger partial charge in [0.1, 0.15) is 0 Å². The lowest BCUT2D eigenvalue weighted by atomic mass is 10.2. The Morgan fingerprint density at radius 1 is 0.769 bits per heavy atom. The fourth-order valence-corrected chi connectivity index (χ4v) is 3.17. The molecule has 4 nitrogen and oxygen atoms in total. The van der Waals surface area contributed by atoms with Crippen LogP contribution >= 0.6 is 34.2 Å². The SMILES string of the molecule is O=C(Nc1cccc(NC(=O)c2ccccc2I)c1)c1cccc(Cl)c1. The fraction of sp³-hybridized carbons (Fsp3) is 0. The van der Waals surface area contributed by atoms with E-state index >= 15 is 0 Å². The number of rotatable bonds is 4. The first kappa shape index (κ1) is 18.4. The summed E-state index contributed by atoms with van der Waals surface area (Å²) in [5.41, 5.74) is 2.24. The molecule has 0 aliphatic rings. The Bertz CT molecular complexity index is 975. The van der Waals surface area contributed by atoms with Crippen LogP contribution in [-0.2, 0) is 0 Å². The van der Waals surface area contributed by atoms with Gasteiger partial charge in [0, 0.05) is 25.5 Å². The summed E-state index contributed by atoms with van der Waals surface area (Å²) in [6, 6.07) is 21.0. The van der Waals surface area contributed by atoms with Gasteiger partial charge in [-0.15, -0.1) is 0 Å². The molecule has 0 saturated heterocycles. The van der Waals surface area contributed by atoms with Crippen molar-refractivity contribution < 1.29 is 9.59 Å². The van der Waals surface area contributed by atoms with Crippen LogP contribution in [0.3, 0.4) is 0 Å². The maximum Gasteiger partial charge on any atom is 0.256 e. The molecule has 3 rings (SSSR count). The van der Waals surface area contributed by atoms with E-state index in [0.29, 0.717) is 27.5 Å². The van der Waals surface area contributed by atoms with Crippen LogP contribution in [0.4, 0.5) is 11.4 Å². The predicted octanol–water partition coefficient (Wildman–Crippen LogP) is 5.45. The molecule has 3 aromatic carbocycles. The predicted molar refractivity (Wildman–Crippen MR) is 113 cm³/mol. The summed E-state index contributed by atoms with van der Waals surface area (Å²) < 4.78 is 0.869. The lowest BCUT2D eigenvalue weighted by Crippen LogP contribution is -2.14. The number of carbonyl (C=O) groups excluding carboxylic acids is 2. The third kappa shape index (κ3) is 4.62. The Morgan fingerprint density at radius 3 is 2.12 bits per heavy atom. The van der Waals surface area contributed by atoms with Gasteiger partial charge in [0.05, 0.1) is 5.56 Å². The van der Waals surface area contributed by atoms with Crippen LogP contribution in [0.5, 0.6) is 0 Å². The van der Waals surface area contributed by atoms with Crippen molar-refractivity contribution in [1.82, 2.24) is 0 Å². The van der Waals surface area contributed by atoms with Gasteiger partial charge in [-0.3, -0.25) is 9.59 Å². The number of halogens is 2. The van der Waals surface area contributed by atoms with Gasteiger partial charge in [0.15, 0.2) is 0 Å². The van der Waals surface area contributed by atoms with E-state index in [1.165, 1.54) is 0 Å². The molecule has 130 valence electrons. The van der Waals surface area contributed by atoms with Gasteiger partial charge in [-0.2, -0.15) is 0 Å². The highest BCUT2D eigenvalue weighted by Gasteiger charge is 2.11. The topological polar surface area (TPSA) is 58.2 Å². The van der Waals surface area contributed by atoms with Crippen LogP contribution in [0.25, 0.3) is 0 Å². The maximum atomic E-state index is 12.4. The highest BCUT2D eigenvalue weighted by atomic mass is 127. The number of amides is 2. The van der Waals surface area contributed by atoms with Crippen molar-refractivity contribution in [3.05, 3.63) is 92.5 Å². The molecule has 26 heavy (non-hydrogen) atoms. The van der Waals surface area contributed by atoms with Crippen LogP contribution in [0.1, 0.15) is 20.7 Å². The van der Waals surface area contributed by atoms with E-state index in [-0.39, 0.29) is 11.8 Å². The maximum absolute atomic E-state index is 12.4. The molecule has 0 aliphatic heterocycles. The van der Waals surface area contributed by atoms with Crippen molar-refractivity contribution in [3.8, 4) is 0 Å². The van der Waals surface area contributed by atoms with Crippen molar-refractivity contribution in [2.45, 2.75) is 0 Å². The molecule has 0 aromatic heterocycles. The molecular formula is C20H14ClIN2O2. The molecule has 0 unspecified atom stereocenters. The summed E-state index contributed by atoms with van der Waals surface area (Å²) in [5.74, 6) is -0.470. The summed E-state index contributed by atoms with van der Waals surface area (Å²) in [6.07, 6.45) is 0. The van der Waals surface area contributed by atoms with E-state index < -0.39 is 0 Å². The molecule has 6 heteroatoms. The Morgan fingerprint density at radius 2 is 1.42 bits per heavy atom. The first-order valence-electron chi connectivity index (χ1n) is 7.76. The molecule has 2 amide bonds. The van der Waals surface area contributed by atoms with Crippen LogP contribution in [0, 0.1) is 3.57 Å². The zero-order valence-corrected chi connectivity index (χ0v) is 16.4. The first-order valence-corrected chi connectivity index (χ1v) is 9.21. The molecule has 0 radical (unpaired) electrons. The summed E-state index contributed by atoms with van der Waals surface area (Å²) in [7, 11) is 0. The van der Waals surface area contributed by atoms with Gasteiger partial charge < -0.3 is 10.6 Å². The molecule has 0 aliphatic carbocycles. The van der Waals surface area contributed by atoms with Gasteiger partial charge in [-0.05, 0) is 71.1 Å². The van der Waals surface area contributed by atoms with Gasteiger partial charge in [-0.1, -0.05) is 35.9 Å². The van der Waals surface area contributed by atoms with Gasteiger partial charge in [0.25, 0.3) is 11.8 Å². The number of anilines is 2. The van der Waals surface area contributed by atoms with E-state index in [0.717, 1.165) is 3.57 Å². The normalized spacial score (nSPS) is 10.2. The minimum atomic E-state index is -0.270. The Kier molecular flexibility index (Phi) is 5.90. The van der Waals surface area contributed by atoms with Crippen molar-refractivity contribution in [2.24, 2.45) is 0 Å². The van der Waals surface area contributed by atoms with E-state index in [1.807, 2.05) is 18.2 Å². The van der Waals surface area contributed by atoms with Crippen LogP contribution < -0.4 is 10.6 Å². The summed E-state index contributed by atoms with van der Waals surface area (Å²) in [5, 5.41) is 6.14. The largest absolute Gasteiger partial charge is 0.322 e. The molecular weight excluding hydrogens is 463 g/mol. The third-order valence-corrected chi connectivity index (χ3v) is 4.76. The molecule has 0 saturated carbocycles. The van der Waals surface area contributed by atoms with Crippen LogP contribution in [0.15, 0.2) is 72.8 Å². The Labute approximate surface area is 169 Å². The molecule has 0 bridgehead atoms. The quantitative estimate of drug-likeness (QED) is 0.492. The average molecular weight is 477 g/mol. The number of hydrogen-bond donors (Lipinski definition) is 2. The lowest BCUT2D eigenvalue weighted by Gasteiger charge is -2.10. The average Bonchev–Trinajstić information content (AvgIpc) is 2.62. The summed E-state index contributed by atoms with van der Waals surface area (Å²) >= 11 is 8.04. The number of hydrogen-bond acceptors (Lipinski definition) is 2.